The van der Waals surface area contributed by atoms with Gasteiger partial charge in [0.1, 0.15) is 0 Å². The third kappa shape index (κ3) is 3.21. The summed E-state index contributed by atoms with van der Waals surface area (Å²) in [4.78, 5) is 39.5. The molecule has 9 heteroatoms. The summed E-state index contributed by atoms with van der Waals surface area (Å²) in [6.45, 7) is 5.41. The Bertz CT molecular complexity index is 1360. The largest absolute Gasteiger partial charge is 0.462 e. The maximum Gasteiger partial charge on any atom is 0.347 e. The van der Waals surface area contributed by atoms with Gasteiger partial charge in [-0.15, -0.1) is 0 Å². The molecule has 160 valence electrons. The van der Waals surface area contributed by atoms with E-state index in [0.717, 1.165) is 32.6 Å². The Kier molecular flexibility index (Phi) is 4.82. The van der Waals surface area contributed by atoms with Gasteiger partial charge in [-0.05, 0) is 39.1 Å². The summed E-state index contributed by atoms with van der Waals surface area (Å²) in [5, 5.41) is 0.253. The summed E-state index contributed by atoms with van der Waals surface area (Å²) in [5.74, 6) is -0.157. The zero-order chi connectivity index (χ0) is 21.5. The van der Waals surface area contributed by atoms with Crippen LogP contribution in [0, 0.1) is 0 Å². The Labute approximate surface area is 177 Å². The number of oxazole rings is 1. The summed E-state index contributed by atoms with van der Waals surface area (Å²) in [7, 11) is 2.10. The van der Waals surface area contributed by atoms with Crippen LogP contribution in [0.25, 0.3) is 27.8 Å². The lowest BCUT2D eigenvalue weighted by atomic mass is 10.2. The number of benzene rings is 1. The number of carbonyl (C=O) groups is 1. The number of carbonyl (C=O) groups excluding carboxylic acids is 1. The molecular formula is C22H23N5O4. The lowest BCUT2D eigenvalue weighted by molar-refractivity contribution is 0.0525. The number of likely N-dealkylation sites (N-methyl/N-ethyl adjacent to an activating group) is 1. The quantitative estimate of drug-likeness (QED) is 0.465. The number of nitrogens with zero attached hydrogens (tertiary/aromatic N) is 5. The summed E-state index contributed by atoms with van der Waals surface area (Å²) < 4.78 is 12.8. The number of ether oxygens (including phenoxy) is 1. The maximum atomic E-state index is 13.2. The summed E-state index contributed by atoms with van der Waals surface area (Å²) in [5.41, 5.74) is 1.19. The Morgan fingerprint density at radius 2 is 2.03 bits per heavy atom. The van der Waals surface area contributed by atoms with Gasteiger partial charge in [-0.2, -0.15) is 4.98 Å². The molecule has 0 aliphatic carbocycles. The van der Waals surface area contributed by atoms with Gasteiger partial charge in [0, 0.05) is 25.8 Å². The standard InChI is InChI=1S/C22H23N5O4/c1-3-30-21(29)17-18(28)14-13-23-22(26-10-6-9-25(2)11-12-26)24-19(14)27-15-7-4-5-8-16(15)31-20(17)27/h4-5,7-8,13H,3,6,9-12H2,1-2H3. The predicted molar refractivity (Wildman–Crippen MR) is 117 cm³/mol. The van der Waals surface area contributed by atoms with Crippen LogP contribution in [-0.4, -0.2) is 65.1 Å². The van der Waals surface area contributed by atoms with Crippen molar-refractivity contribution in [2.24, 2.45) is 0 Å². The number of fused-ring (bicyclic) bond motifs is 5. The van der Waals surface area contributed by atoms with E-state index in [-0.39, 0.29) is 23.3 Å². The van der Waals surface area contributed by atoms with Gasteiger partial charge in [-0.3, -0.25) is 9.20 Å². The average molecular weight is 421 g/mol. The van der Waals surface area contributed by atoms with Crippen molar-refractivity contribution in [1.29, 1.82) is 0 Å². The van der Waals surface area contributed by atoms with Gasteiger partial charge in [-0.1, -0.05) is 12.1 Å². The smallest absolute Gasteiger partial charge is 0.347 e. The first-order valence-corrected chi connectivity index (χ1v) is 10.4. The molecule has 9 nitrogen and oxygen atoms in total. The molecular weight excluding hydrogens is 398 g/mol. The zero-order valence-corrected chi connectivity index (χ0v) is 17.5. The first-order valence-electron chi connectivity index (χ1n) is 10.4. The van der Waals surface area contributed by atoms with Crippen molar-refractivity contribution in [1.82, 2.24) is 19.3 Å². The lowest BCUT2D eigenvalue weighted by Crippen LogP contribution is -2.30. The highest BCUT2D eigenvalue weighted by atomic mass is 16.5. The normalized spacial score (nSPS) is 15.6. The molecule has 0 atom stereocenters. The molecule has 1 saturated heterocycles. The van der Waals surface area contributed by atoms with E-state index in [2.05, 4.69) is 21.8 Å². The molecule has 3 aromatic heterocycles. The fraction of sp³-hybridized carbons (Fsp3) is 0.364. The Hall–Kier alpha value is -3.46. The molecule has 0 spiro atoms. The molecule has 4 aromatic rings. The van der Waals surface area contributed by atoms with E-state index >= 15 is 0 Å². The van der Waals surface area contributed by atoms with Crippen LogP contribution >= 0.6 is 0 Å². The van der Waals surface area contributed by atoms with E-state index in [9.17, 15) is 9.59 Å². The summed E-state index contributed by atoms with van der Waals surface area (Å²) in [6.07, 6.45) is 2.51. The van der Waals surface area contributed by atoms with Crippen molar-refractivity contribution in [2.75, 3.05) is 44.7 Å². The molecule has 0 saturated carbocycles. The predicted octanol–water partition coefficient (Wildman–Crippen LogP) is 2.31. The second-order valence-electron chi connectivity index (χ2n) is 7.69. The van der Waals surface area contributed by atoms with Crippen LogP contribution in [0.1, 0.15) is 23.7 Å². The Balaban J connectivity index is 1.80. The number of anilines is 1. The average Bonchev–Trinajstić information content (AvgIpc) is 3.01. The van der Waals surface area contributed by atoms with Gasteiger partial charge in [-0.25, -0.2) is 9.78 Å². The minimum Gasteiger partial charge on any atom is -0.462 e. The van der Waals surface area contributed by atoms with Crippen LogP contribution in [-0.2, 0) is 4.74 Å². The Morgan fingerprint density at radius 1 is 1.19 bits per heavy atom. The topological polar surface area (TPSA) is 93.2 Å². The van der Waals surface area contributed by atoms with Crippen LogP contribution in [0.4, 0.5) is 5.95 Å². The van der Waals surface area contributed by atoms with Crippen LogP contribution in [0.5, 0.6) is 0 Å². The number of para-hydroxylation sites is 2. The number of esters is 1. The highest BCUT2D eigenvalue weighted by molar-refractivity contribution is 6.01. The van der Waals surface area contributed by atoms with E-state index in [0.29, 0.717) is 22.7 Å². The van der Waals surface area contributed by atoms with E-state index in [4.69, 9.17) is 14.1 Å². The third-order valence-corrected chi connectivity index (χ3v) is 5.65. The van der Waals surface area contributed by atoms with E-state index in [1.54, 1.807) is 17.4 Å². The van der Waals surface area contributed by atoms with Crippen molar-refractivity contribution in [3.8, 4) is 0 Å². The number of hydrogen-bond acceptors (Lipinski definition) is 8. The first-order chi connectivity index (χ1) is 15.1. The second kappa shape index (κ2) is 7.66. The van der Waals surface area contributed by atoms with Gasteiger partial charge >= 0.3 is 5.97 Å². The van der Waals surface area contributed by atoms with E-state index in [1.807, 2.05) is 18.2 Å². The number of aromatic nitrogens is 3. The third-order valence-electron chi connectivity index (χ3n) is 5.65. The van der Waals surface area contributed by atoms with Crippen LogP contribution in [0.15, 0.2) is 39.7 Å². The summed E-state index contributed by atoms with van der Waals surface area (Å²) >= 11 is 0. The molecule has 1 aliphatic heterocycles. The van der Waals surface area contributed by atoms with Crippen molar-refractivity contribution in [3.63, 3.8) is 0 Å². The van der Waals surface area contributed by atoms with Crippen LogP contribution < -0.4 is 10.3 Å². The highest BCUT2D eigenvalue weighted by Crippen LogP contribution is 2.26. The fourth-order valence-electron chi connectivity index (χ4n) is 4.07. The van der Waals surface area contributed by atoms with Crippen molar-refractivity contribution in [2.45, 2.75) is 13.3 Å². The van der Waals surface area contributed by atoms with Crippen molar-refractivity contribution in [3.05, 3.63) is 46.2 Å². The fourth-order valence-corrected chi connectivity index (χ4v) is 4.07. The highest BCUT2D eigenvalue weighted by Gasteiger charge is 2.26. The molecule has 4 heterocycles. The summed E-state index contributed by atoms with van der Waals surface area (Å²) in [6, 6.07) is 7.37. The minimum atomic E-state index is -0.717. The molecule has 0 amide bonds. The molecule has 0 bridgehead atoms. The van der Waals surface area contributed by atoms with Crippen molar-refractivity contribution < 1.29 is 13.9 Å². The monoisotopic (exact) mass is 421 g/mol. The molecule has 31 heavy (non-hydrogen) atoms. The SMILES string of the molecule is CCOC(=O)c1c(=O)c2cnc(N3CCCN(C)CC3)nc2n2c1oc1ccccc12. The molecule has 1 aliphatic rings. The Morgan fingerprint density at radius 3 is 2.87 bits per heavy atom. The van der Waals surface area contributed by atoms with E-state index in [1.165, 1.54) is 6.20 Å². The molecule has 1 aromatic carbocycles. The van der Waals surface area contributed by atoms with Gasteiger partial charge < -0.3 is 19.0 Å². The minimum absolute atomic E-state index is 0.136. The van der Waals surface area contributed by atoms with Gasteiger partial charge in [0.05, 0.1) is 17.5 Å². The van der Waals surface area contributed by atoms with Gasteiger partial charge in [0.2, 0.25) is 17.1 Å². The molecule has 0 radical (unpaired) electrons. The second-order valence-corrected chi connectivity index (χ2v) is 7.69. The lowest BCUT2D eigenvalue weighted by Gasteiger charge is -2.20. The molecule has 1 fully saturated rings. The van der Waals surface area contributed by atoms with Crippen LogP contribution in [0.2, 0.25) is 0 Å². The molecule has 5 rings (SSSR count). The maximum absolute atomic E-state index is 13.2. The first kappa shape index (κ1) is 19.5. The number of rotatable bonds is 3. The van der Waals surface area contributed by atoms with Gasteiger partial charge in [0.25, 0.3) is 0 Å². The van der Waals surface area contributed by atoms with E-state index < -0.39 is 11.4 Å². The molecule has 0 unspecified atom stereocenters. The van der Waals surface area contributed by atoms with Crippen LogP contribution in [0.3, 0.4) is 0 Å². The molecule has 0 N–H and O–H groups in total. The van der Waals surface area contributed by atoms with Gasteiger partial charge in [0.15, 0.2) is 16.8 Å². The zero-order valence-electron chi connectivity index (χ0n) is 17.5. The number of pyridine rings is 1. The van der Waals surface area contributed by atoms with Crippen molar-refractivity contribution >= 4 is 39.8 Å². The number of hydrogen-bond donors (Lipinski definition) is 0.